The summed E-state index contributed by atoms with van der Waals surface area (Å²) in [6.45, 7) is 0.321. The zero-order valence-electron chi connectivity index (χ0n) is 16.2. The molecule has 0 saturated carbocycles. The van der Waals surface area contributed by atoms with Crippen molar-refractivity contribution in [3.05, 3.63) is 71.0 Å². The van der Waals surface area contributed by atoms with E-state index in [1.165, 1.54) is 12.1 Å². The molecule has 0 aliphatic carbocycles. The number of ether oxygens (including phenoxy) is 2. The first-order chi connectivity index (χ1) is 14.4. The fourth-order valence-corrected chi connectivity index (χ4v) is 4.20. The predicted octanol–water partition coefficient (Wildman–Crippen LogP) is 1.91. The standard InChI is InChI=1S/C22H23FN2O5/c23-15-7-5-14(6-8-15)20-16-4-2-1-3-13(16)9-10-25(20)21(27)19-11-18(30-22(24)28)17(26)12-29-19/h1-8,17-20,26H,9-12H2,(H2,24,28)/t17-,18-,19+,20+/m1/s1. The van der Waals surface area contributed by atoms with Crippen molar-refractivity contribution >= 4 is 12.0 Å². The number of rotatable bonds is 3. The van der Waals surface area contributed by atoms with Crippen LogP contribution in [-0.2, 0) is 20.7 Å². The van der Waals surface area contributed by atoms with E-state index in [1.807, 2.05) is 24.3 Å². The zero-order valence-corrected chi connectivity index (χ0v) is 16.2. The second kappa shape index (κ2) is 8.41. The third-order valence-electron chi connectivity index (χ3n) is 5.64. The average molecular weight is 414 g/mol. The minimum Gasteiger partial charge on any atom is -0.443 e. The van der Waals surface area contributed by atoms with Gasteiger partial charge in [0.05, 0.1) is 12.6 Å². The Morgan fingerprint density at radius 3 is 2.63 bits per heavy atom. The zero-order chi connectivity index (χ0) is 21.3. The topological polar surface area (TPSA) is 102 Å². The Bertz CT molecular complexity index is 935. The van der Waals surface area contributed by atoms with Gasteiger partial charge in [-0.3, -0.25) is 4.79 Å². The molecule has 0 aromatic heterocycles. The summed E-state index contributed by atoms with van der Waals surface area (Å²) in [5.41, 5.74) is 7.97. The summed E-state index contributed by atoms with van der Waals surface area (Å²) in [5.74, 6) is -0.624. The van der Waals surface area contributed by atoms with Gasteiger partial charge in [0, 0.05) is 13.0 Å². The molecule has 2 aromatic rings. The SMILES string of the molecule is NC(=O)O[C@@H]1C[C@@H](C(=O)N2CCc3ccccc3[C@@H]2c2ccc(F)cc2)OC[C@H]1O. The average Bonchev–Trinajstić information content (AvgIpc) is 2.74. The molecule has 2 heterocycles. The van der Waals surface area contributed by atoms with E-state index in [-0.39, 0.29) is 24.8 Å². The summed E-state index contributed by atoms with van der Waals surface area (Å²) in [5, 5.41) is 10.00. The number of fused-ring (bicyclic) bond motifs is 1. The summed E-state index contributed by atoms with van der Waals surface area (Å²) in [4.78, 5) is 26.2. The largest absolute Gasteiger partial charge is 0.443 e. The van der Waals surface area contributed by atoms with Crippen LogP contribution < -0.4 is 5.73 Å². The molecular formula is C22H23FN2O5. The van der Waals surface area contributed by atoms with Crippen LogP contribution in [0, 0.1) is 5.82 Å². The Hall–Kier alpha value is -2.97. The Kier molecular flexibility index (Phi) is 5.69. The van der Waals surface area contributed by atoms with E-state index < -0.39 is 30.4 Å². The van der Waals surface area contributed by atoms with Crippen molar-refractivity contribution in [2.45, 2.75) is 37.2 Å². The van der Waals surface area contributed by atoms with Gasteiger partial charge in [0.15, 0.2) is 0 Å². The molecule has 8 heteroatoms. The van der Waals surface area contributed by atoms with Crippen molar-refractivity contribution in [3.63, 3.8) is 0 Å². The molecule has 1 fully saturated rings. The number of halogens is 1. The summed E-state index contributed by atoms with van der Waals surface area (Å²) in [6, 6.07) is 13.6. The minimum atomic E-state index is -1.04. The van der Waals surface area contributed by atoms with E-state index in [2.05, 4.69) is 0 Å². The van der Waals surface area contributed by atoms with Gasteiger partial charge < -0.3 is 25.2 Å². The minimum absolute atomic E-state index is 0.0111. The molecule has 158 valence electrons. The second-order valence-electron chi connectivity index (χ2n) is 7.53. The Morgan fingerprint density at radius 1 is 1.17 bits per heavy atom. The normalized spacial score (nSPS) is 26.0. The number of aliphatic hydroxyl groups is 1. The number of amides is 2. The van der Waals surface area contributed by atoms with Crippen molar-refractivity contribution in [3.8, 4) is 0 Å². The molecule has 30 heavy (non-hydrogen) atoms. The number of carbonyl (C=O) groups is 2. The number of carbonyl (C=O) groups excluding carboxylic acids is 2. The molecule has 1 saturated heterocycles. The van der Waals surface area contributed by atoms with Crippen molar-refractivity contribution < 1.29 is 28.6 Å². The highest BCUT2D eigenvalue weighted by Crippen LogP contribution is 2.36. The van der Waals surface area contributed by atoms with Crippen LogP contribution in [0.25, 0.3) is 0 Å². The lowest BCUT2D eigenvalue weighted by atomic mass is 9.87. The lowest BCUT2D eigenvalue weighted by Crippen LogP contribution is -2.52. The lowest BCUT2D eigenvalue weighted by Gasteiger charge is -2.41. The van der Waals surface area contributed by atoms with Gasteiger partial charge in [-0.25, -0.2) is 9.18 Å². The maximum Gasteiger partial charge on any atom is 0.404 e. The predicted molar refractivity (Wildman–Crippen MR) is 105 cm³/mol. The number of nitrogens with zero attached hydrogens (tertiary/aromatic N) is 1. The number of aliphatic hydroxyl groups excluding tert-OH is 1. The summed E-state index contributed by atoms with van der Waals surface area (Å²) in [7, 11) is 0. The molecule has 2 aliphatic rings. The fraction of sp³-hybridized carbons (Fsp3) is 0.364. The Balaban J connectivity index is 1.64. The molecule has 0 radical (unpaired) electrons. The van der Waals surface area contributed by atoms with Crippen molar-refractivity contribution in [2.24, 2.45) is 5.73 Å². The van der Waals surface area contributed by atoms with Crippen LogP contribution in [0.4, 0.5) is 9.18 Å². The Morgan fingerprint density at radius 2 is 1.90 bits per heavy atom. The maximum atomic E-state index is 13.5. The third-order valence-corrected chi connectivity index (χ3v) is 5.64. The molecule has 3 N–H and O–H groups in total. The van der Waals surface area contributed by atoms with Gasteiger partial charge in [-0.05, 0) is 35.2 Å². The first-order valence-corrected chi connectivity index (χ1v) is 9.83. The molecule has 4 atom stereocenters. The lowest BCUT2D eigenvalue weighted by molar-refractivity contribution is -0.164. The monoisotopic (exact) mass is 414 g/mol. The number of hydrogen-bond donors (Lipinski definition) is 2. The van der Waals surface area contributed by atoms with Gasteiger partial charge in [0.2, 0.25) is 0 Å². The molecule has 7 nitrogen and oxygen atoms in total. The molecule has 2 amide bonds. The van der Waals surface area contributed by atoms with Crippen LogP contribution in [0.2, 0.25) is 0 Å². The summed E-state index contributed by atoms with van der Waals surface area (Å²) < 4.78 is 24.0. The van der Waals surface area contributed by atoms with Crippen molar-refractivity contribution in [1.82, 2.24) is 4.90 Å². The Labute approximate surface area is 173 Å². The van der Waals surface area contributed by atoms with Gasteiger partial charge in [-0.1, -0.05) is 36.4 Å². The van der Waals surface area contributed by atoms with E-state index in [1.54, 1.807) is 17.0 Å². The van der Waals surface area contributed by atoms with Gasteiger partial charge in [0.25, 0.3) is 5.91 Å². The highest BCUT2D eigenvalue weighted by Gasteiger charge is 2.41. The highest BCUT2D eigenvalue weighted by atomic mass is 19.1. The first-order valence-electron chi connectivity index (χ1n) is 9.83. The van der Waals surface area contributed by atoms with Gasteiger partial charge >= 0.3 is 6.09 Å². The van der Waals surface area contributed by atoms with Crippen LogP contribution in [0.5, 0.6) is 0 Å². The van der Waals surface area contributed by atoms with Crippen molar-refractivity contribution in [1.29, 1.82) is 0 Å². The smallest absolute Gasteiger partial charge is 0.404 e. The summed E-state index contributed by atoms with van der Waals surface area (Å²) >= 11 is 0. The molecule has 2 aliphatic heterocycles. The molecular weight excluding hydrogens is 391 g/mol. The fourth-order valence-electron chi connectivity index (χ4n) is 4.20. The van der Waals surface area contributed by atoms with Crippen LogP contribution in [0.15, 0.2) is 48.5 Å². The molecule has 4 rings (SSSR count). The maximum absolute atomic E-state index is 13.5. The quantitative estimate of drug-likeness (QED) is 0.799. The first kappa shape index (κ1) is 20.3. The molecule has 0 unspecified atom stereocenters. The highest BCUT2D eigenvalue weighted by molar-refractivity contribution is 5.82. The van der Waals surface area contributed by atoms with E-state index in [0.29, 0.717) is 13.0 Å². The van der Waals surface area contributed by atoms with Gasteiger partial charge in [-0.2, -0.15) is 0 Å². The second-order valence-corrected chi connectivity index (χ2v) is 7.53. The number of nitrogens with two attached hydrogens (primary N) is 1. The van der Waals surface area contributed by atoms with E-state index in [0.717, 1.165) is 16.7 Å². The molecule has 0 bridgehead atoms. The summed E-state index contributed by atoms with van der Waals surface area (Å²) in [6.07, 6.45) is -3.16. The van der Waals surface area contributed by atoms with Gasteiger partial charge in [0.1, 0.15) is 24.1 Å². The molecule has 0 spiro atoms. The molecule has 2 aromatic carbocycles. The van der Waals surface area contributed by atoms with Crippen LogP contribution in [0.3, 0.4) is 0 Å². The third kappa shape index (κ3) is 4.01. The number of primary amides is 1. The van der Waals surface area contributed by atoms with E-state index >= 15 is 0 Å². The van der Waals surface area contributed by atoms with Crippen molar-refractivity contribution in [2.75, 3.05) is 13.2 Å². The number of hydrogen-bond acceptors (Lipinski definition) is 5. The van der Waals surface area contributed by atoms with Crippen LogP contribution in [0.1, 0.15) is 29.2 Å². The van der Waals surface area contributed by atoms with Gasteiger partial charge in [-0.15, -0.1) is 0 Å². The van der Waals surface area contributed by atoms with Crippen LogP contribution in [-0.4, -0.2) is 53.5 Å². The van der Waals surface area contributed by atoms with E-state index in [9.17, 15) is 19.1 Å². The van der Waals surface area contributed by atoms with Crippen LogP contribution >= 0.6 is 0 Å². The van der Waals surface area contributed by atoms with E-state index in [4.69, 9.17) is 15.2 Å². The number of benzene rings is 2.